The monoisotopic (exact) mass is 958 g/mol. The summed E-state index contributed by atoms with van der Waals surface area (Å²) in [6.07, 6.45) is 12.0. The van der Waals surface area contributed by atoms with Crippen LogP contribution in [0.25, 0.3) is 0 Å². The Kier molecular flexibility index (Phi) is 22.9. The van der Waals surface area contributed by atoms with E-state index in [1.54, 1.807) is 41.1 Å². The summed E-state index contributed by atoms with van der Waals surface area (Å²) in [4.78, 5) is 72.1. The Hall–Kier alpha value is -3.41. The topological polar surface area (TPSA) is 205 Å². The number of Topliss-reactive ketones (excluding diaryl/α,β-unsaturated/α-hetero) is 3. The molecule has 3 aliphatic heterocycles. The molecule has 0 aromatic rings. The minimum atomic E-state index is -2.43. The molecule has 0 spiro atoms. The highest BCUT2D eigenvalue weighted by atomic mass is 16.6. The molecule has 1 amide bonds. The average Bonchev–Trinajstić information content (AvgIpc) is 3.32. The Morgan fingerprint density at radius 2 is 1.60 bits per heavy atom. The van der Waals surface area contributed by atoms with Crippen LogP contribution in [0.4, 0.5) is 0 Å². The van der Waals surface area contributed by atoms with Gasteiger partial charge in [-0.1, -0.05) is 71.1 Å². The molecule has 3 heterocycles. The number of aliphatic hydroxyl groups excluding tert-OH is 2. The molecular weight excluding hydrogens is 875 g/mol. The van der Waals surface area contributed by atoms with Gasteiger partial charge < -0.3 is 48.6 Å². The lowest BCUT2D eigenvalue weighted by Gasteiger charge is -2.42. The maximum Gasteiger partial charge on any atom is 0.329 e. The van der Waals surface area contributed by atoms with Crippen LogP contribution >= 0.6 is 0 Å². The number of ether oxygens (including phenoxy) is 6. The van der Waals surface area contributed by atoms with Crippen LogP contribution in [-0.2, 0) is 52.4 Å². The Labute approximate surface area is 405 Å². The van der Waals surface area contributed by atoms with Crippen molar-refractivity contribution in [1.82, 2.24) is 4.90 Å². The van der Waals surface area contributed by atoms with Crippen molar-refractivity contribution in [2.75, 3.05) is 41.1 Å². The first-order valence-electron chi connectivity index (χ1n) is 25.0. The molecule has 15 heteroatoms. The van der Waals surface area contributed by atoms with E-state index in [2.05, 4.69) is 0 Å². The lowest BCUT2D eigenvalue weighted by atomic mass is 9.78. The zero-order valence-electron chi connectivity index (χ0n) is 42.4. The van der Waals surface area contributed by atoms with Crippen LogP contribution in [-0.4, -0.2) is 145 Å². The molecule has 2 saturated heterocycles. The van der Waals surface area contributed by atoms with Crippen LogP contribution in [0.1, 0.15) is 126 Å². The van der Waals surface area contributed by atoms with E-state index in [4.69, 9.17) is 28.4 Å². The van der Waals surface area contributed by atoms with Gasteiger partial charge in [-0.3, -0.25) is 19.2 Å². The fourth-order valence-corrected chi connectivity index (χ4v) is 10.5. The second kappa shape index (κ2) is 27.3. The number of rotatable bonds is 9. The van der Waals surface area contributed by atoms with Gasteiger partial charge in [-0.15, -0.1) is 0 Å². The number of cyclic esters (lactones) is 1. The third-order valence-electron chi connectivity index (χ3n) is 14.9. The van der Waals surface area contributed by atoms with Crippen LogP contribution in [0.2, 0.25) is 0 Å². The Bertz CT molecular complexity index is 1810. The van der Waals surface area contributed by atoms with Gasteiger partial charge in [0, 0.05) is 58.5 Å². The van der Waals surface area contributed by atoms with Gasteiger partial charge in [-0.05, 0) is 107 Å². The number of fused-ring (bicyclic) bond motifs is 3. The maximum atomic E-state index is 14.5. The molecular formula is C53H83NO14. The lowest BCUT2D eigenvalue weighted by molar-refractivity contribution is -0.265. The molecule has 3 N–H and O–H groups in total. The van der Waals surface area contributed by atoms with E-state index in [9.17, 15) is 39.3 Å². The van der Waals surface area contributed by atoms with Crippen molar-refractivity contribution in [3.8, 4) is 0 Å². The summed E-state index contributed by atoms with van der Waals surface area (Å²) < 4.78 is 35.6. The minimum absolute atomic E-state index is 0.0185. The van der Waals surface area contributed by atoms with Gasteiger partial charge in [-0.2, -0.15) is 0 Å². The van der Waals surface area contributed by atoms with E-state index in [-0.39, 0.29) is 74.1 Å². The zero-order chi connectivity index (χ0) is 50.3. The SMILES string of the molecule is COC1C[C@@H]2CC[C@@H](C)C(O)(O2)C(=O)C(=O)N2CCCC[C@H]2C(=O)O[C@H]([C@H](C)C[C@@H]2CCC(OCCO)C(OC)C2)CC(=O)C(C)=CC(C)C(O)C(OC)C(=O)[C@H](C)C[C@H](C)C=CC=CC=C1C. The van der Waals surface area contributed by atoms with Gasteiger partial charge >= 0.3 is 5.97 Å². The molecule has 15 atom stereocenters. The summed E-state index contributed by atoms with van der Waals surface area (Å²) in [7, 11) is 4.59. The third-order valence-corrected chi connectivity index (χ3v) is 14.9. The van der Waals surface area contributed by atoms with E-state index in [1.165, 1.54) is 12.0 Å². The fraction of sp³-hybridized carbons (Fsp3) is 0.755. The number of amides is 1. The van der Waals surface area contributed by atoms with Crippen molar-refractivity contribution in [3.63, 3.8) is 0 Å². The van der Waals surface area contributed by atoms with Crippen LogP contribution in [0.5, 0.6) is 0 Å². The number of hydrogen-bond donors (Lipinski definition) is 3. The number of allylic oxidation sites excluding steroid dienone is 6. The normalized spacial score (nSPS) is 36.7. The summed E-state index contributed by atoms with van der Waals surface area (Å²) in [5.74, 6) is -7.94. The summed E-state index contributed by atoms with van der Waals surface area (Å²) >= 11 is 0. The second-order valence-corrected chi connectivity index (χ2v) is 20.2. The highest BCUT2D eigenvalue weighted by molar-refractivity contribution is 6.39. The fourth-order valence-electron chi connectivity index (χ4n) is 10.5. The van der Waals surface area contributed by atoms with Crippen LogP contribution in [0.15, 0.2) is 47.6 Å². The number of piperidine rings is 1. The second-order valence-electron chi connectivity index (χ2n) is 20.2. The molecule has 15 nitrogen and oxygen atoms in total. The van der Waals surface area contributed by atoms with Crippen molar-refractivity contribution in [3.05, 3.63) is 47.6 Å². The number of hydrogen-bond acceptors (Lipinski definition) is 14. The molecule has 0 aromatic carbocycles. The van der Waals surface area contributed by atoms with Crippen LogP contribution in [0, 0.1) is 35.5 Å². The molecule has 1 aliphatic carbocycles. The van der Waals surface area contributed by atoms with Gasteiger partial charge in [0.05, 0.1) is 43.7 Å². The number of nitrogens with zero attached hydrogens (tertiary/aromatic N) is 1. The highest BCUT2D eigenvalue weighted by Gasteiger charge is 2.53. The quantitative estimate of drug-likeness (QED) is 0.174. The molecule has 384 valence electrons. The summed E-state index contributed by atoms with van der Waals surface area (Å²) in [5.41, 5.74) is 1.19. The largest absolute Gasteiger partial charge is 0.460 e. The number of esters is 1. The molecule has 68 heavy (non-hydrogen) atoms. The number of ketones is 3. The molecule has 0 radical (unpaired) electrons. The van der Waals surface area contributed by atoms with Gasteiger partial charge in [0.1, 0.15) is 18.2 Å². The molecule has 2 bridgehead atoms. The molecule has 7 unspecified atom stereocenters. The Morgan fingerprint density at radius 3 is 2.28 bits per heavy atom. The summed E-state index contributed by atoms with van der Waals surface area (Å²) in [6, 6.07) is -1.15. The standard InChI is InChI=1S/C53H83NO14/c1-32-16-12-11-13-17-33(2)44(63-8)30-40-21-19-38(7)53(62,68-40)50(59)51(60)54-23-15-14-18-41(54)52(61)67-45(35(4)28-39-20-22-43(66-25-24-55)46(29-39)64-9)31-42(56)34(3)27-37(6)48(58)49(65-10)47(57)36(5)26-32/h11-13,16-17,27,32,35-41,43-46,48-49,55,58,62H,14-15,18-26,28-31H2,1-10H3/t32-,35-,36-,37?,38-,39+,40+,41+,43?,44?,45+,46?,48?,49?,53?/m1/s1. The summed E-state index contributed by atoms with van der Waals surface area (Å²) in [6.45, 7) is 12.9. The highest BCUT2D eigenvalue weighted by Crippen LogP contribution is 2.38. The molecule has 1 saturated carbocycles. The smallest absolute Gasteiger partial charge is 0.329 e. The van der Waals surface area contributed by atoms with E-state index in [0.29, 0.717) is 63.4 Å². The third kappa shape index (κ3) is 15.3. The van der Waals surface area contributed by atoms with Crippen molar-refractivity contribution >= 4 is 29.2 Å². The predicted molar refractivity (Wildman–Crippen MR) is 256 cm³/mol. The molecule has 3 fully saturated rings. The first kappa shape index (κ1) is 57.2. The summed E-state index contributed by atoms with van der Waals surface area (Å²) in [5, 5.41) is 32.8. The number of aliphatic hydroxyl groups is 3. The molecule has 0 aromatic heterocycles. The minimum Gasteiger partial charge on any atom is -0.460 e. The van der Waals surface area contributed by atoms with Crippen molar-refractivity contribution in [2.45, 2.75) is 180 Å². The number of methoxy groups -OCH3 is 3. The number of carbonyl (C=O) groups is 5. The predicted octanol–water partition coefficient (Wildman–Crippen LogP) is 6.20. The van der Waals surface area contributed by atoms with Crippen molar-refractivity contribution in [1.29, 1.82) is 0 Å². The first-order valence-corrected chi connectivity index (χ1v) is 25.0. The van der Waals surface area contributed by atoms with Crippen LogP contribution in [0.3, 0.4) is 0 Å². The maximum absolute atomic E-state index is 14.5. The lowest BCUT2D eigenvalue weighted by Crippen LogP contribution is -2.61. The van der Waals surface area contributed by atoms with E-state index >= 15 is 0 Å². The van der Waals surface area contributed by atoms with Crippen molar-refractivity contribution in [2.24, 2.45) is 35.5 Å². The van der Waals surface area contributed by atoms with Gasteiger partial charge in [-0.25, -0.2) is 4.79 Å². The van der Waals surface area contributed by atoms with Gasteiger partial charge in [0.2, 0.25) is 5.79 Å². The van der Waals surface area contributed by atoms with Gasteiger partial charge in [0.15, 0.2) is 11.6 Å². The Balaban J connectivity index is 1.70. The van der Waals surface area contributed by atoms with E-state index in [0.717, 1.165) is 12.0 Å². The van der Waals surface area contributed by atoms with Crippen molar-refractivity contribution < 1.29 is 67.7 Å². The molecule has 4 aliphatic rings. The van der Waals surface area contributed by atoms with E-state index < -0.39 is 77.8 Å². The zero-order valence-corrected chi connectivity index (χ0v) is 42.4. The first-order chi connectivity index (χ1) is 32.3. The average molecular weight is 958 g/mol. The number of carbonyl (C=O) groups excluding carboxylic acids is 5. The molecule has 4 rings (SSSR count). The van der Waals surface area contributed by atoms with Gasteiger partial charge in [0.25, 0.3) is 11.7 Å². The Morgan fingerprint density at radius 1 is 0.868 bits per heavy atom. The van der Waals surface area contributed by atoms with E-state index in [1.807, 2.05) is 58.1 Å². The van der Waals surface area contributed by atoms with Crippen LogP contribution < -0.4 is 0 Å².